The highest BCUT2D eigenvalue weighted by Gasteiger charge is 2.08. The molecule has 1 unspecified atom stereocenters. The Morgan fingerprint density at radius 2 is 1.75 bits per heavy atom. The first-order valence-electron chi connectivity index (χ1n) is 6.04. The maximum Gasteiger partial charge on any atom is 0.129 e. The normalized spacial score (nSPS) is 12.8. The van der Waals surface area contributed by atoms with Gasteiger partial charge < -0.3 is 0 Å². The number of hydrogen-bond donors (Lipinski definition) is 0. The SMILES string of the molecule is CC(C#C[Si](C)(C)C)CCc1ccccc1. The number of rotatable bonds is 3. The van der Waals surface area contributed by atoms with Gasteiger partial charge in [-0.05, 0) is 18.4 Å². The zero-order chi connectivity index (χ0) is 12.0. The van der Waals surface area contributed by atoms with E-state index in [4.69, 9.17) is 0 Å². The van der Waals surface area contributed by atoms with Crippen molar-refractivity contribution in [2.75, 3.05) is 0 Å². The molecule has 1 atom stereocenters. The van der Waals surface area contributed by atoms with Gasteiger partial charge in [-0.1, -0.05) is 56.9 Å². The van der Waals surface area contributed by atoms with Crippen LogP contribution in [0.25, 0.3) is 0 Å². The van der Waals surface area contributed by atoms with Crippen molar-refractivity contribution in [2.45, 2.75) is 39.4 Å². The minimum Gasteiger partial charge on any atom is -0.132 e. The highest BCUT2D eigenvalue weighted by Crippen LogP contribution is 2.09. The van der Waals surface area contributed by atoms with Gasteiger partial charge in [0.2, 0.25) is 0 Å². The van der Waals surface area contributed by atoms with E-state index in [1.807, 2.05) is 0 Å². The van der Waals surface area contributed by atoms with Gasteiger partial charge in [0.15, 0.2) is 0 Å². The molecular formula is C15H22Si. The van der Waals surface area contributed by atoms with Crippen LogP contribution in [0.2, 0.25) is 19.6 Å². The van der Waals surface area contributed by atoms with Gasteiger partial charge in [-0.3, -0.25) is 0 Å². The number of benzene rings is 1. The second kappa shape index (κ2) is 5.91. The Kier molecular flexibility index (Phi) is 4.83. The van der Waals surface area contributed by atoms with E-state index in [2.05, 4.69) is 68.4 Å². The van der Waals surface area contributed by atoms with Gasteiger partial charge in [0, 0.05) is 5.92 Å². The summed E-state index contributed by atoms with van der Waals surface area (Å²) in [4.78, 5) is 0. The Bertz CT molecular complexity index is 362. The summed E-state index contributed by atoms with van der Waals surface area (Å²) in [6.07, 6.45) is 2.31. The summed E-state index contributed by atoms with van der Waals surface area (Å²) < 4.78 is 0. The molecule has 0 amide bonds. The molecule has 0 aliphatic heterocycles. The van der Waals surface area contributed by atoms with E-state index in [0.29, 0.717) is 5.92 Å². The van der Waals surface area contributed by atoms with Gasteiger partial charge in [0.05, 0.1) is 0 Å². The monoisotopic (exact) mass is 230 g/mol. The molecule has 1 heteroatoms. The Morgan fingerprint density at radius 3 is 2.31 bits per heavy atom. The summed E-state index contributed by atoms with van der Waals surface area (Å²) in [5, 5.41) is 0. The lowest BCUT2D eigenvalue weighted by Crippen LogP contribution is -2.16. The Labute approximate surface area is 101 Å². The second-order valence-electron chi connectivity index (χ2n) is 5.44. The predicted molar refractivity (Wildman–Crippen MR) is 75.0 cm³/mol. The molecule has 0 N–H and O–H groups in total. The molecule has 0 radical (unpaired) electrons. The molecule has 0 aliphatic rings. The zero-order valence-electron chi connectivity index (χ0n) is 10.9. The van der Waals surface area contributed by atoms with E-state index < -0.39 is 8.07 Å². The molecule has 0 spiro atoms. The van der Waals surface area contributed by atoms with Crippen LogP contribution in [0, 0.1) is 17.4 Å². The second-order valence-corrected chi connectivity index (χ2v) is 10.2. The van der Waals surface area contributed by atoms with E-state index in [0.717, 1.165) is 6.42 Å². The first-order valence-corrected chi connectivity index (χ1v) is 9.54. The van der Waals surface area contributed by atoms with Crippen LogP contribution in [0.5, 0.6) is 0 Å². The molecule has 0 nitrogen and oxygen atoms in total. The van der Waals surface area contributed by atoms with Crippen LogP contribution in [0.4, 0.5) is 0 Å². The third kappa shape index (κ3) is 5.78. The van der Waals surface area contributed by atoms with Crippen molar-refractivity contribution in [1.29, 1.82) is 0 Å². The smallest absolute Gasteiger partial charge is 0.129 e. The summed E-state index contributed by atoms with van der Waals surface area (Å²) >= 11 is 0. The molecule has 1 rings (SSSR count). The van der Waals surface area contributed by atoms with Gasteiger partial charge in [-0.25, -0.2) is 0 Å². The van der Waals surface area contributed by atoms with Gasteiger partial charge in [0.1, 0.15) is 8.07 Å². The molecule has 0 heterocycles. The minimum absolute atomic E-state index is 0.520. The quantitative estimate of drug-likeness (QED) is 0.541. The Morgan fingerprint density at radius 1 is 1.12 bits per heavy atom. The summed E-state index contributed by atoms with van der Waals surface area (Å²) in [7, 11) is -1.19. The summed E-state index contributed by atoms with van der Waals surface area (Å²) in [6, 6.07) is 10.7. The fourth-order valence-electron chi connectivity index (χ4n) is 1.44. The maximum atomic E-state index is 3.45. The summed E-state index contributed by atoms with van der Waals surface area (Å²) in [5.74, 6) is 3.92. The van der Waals surface area contributed by atoms with Crippen molar-refractivity contribution >= 4 is 8.07 Å². The van der Waals surface area contributed by atoms with Crippen molar-refractivity contribution in [3.8, 4) is 11.5 Å². The Balaban J connectivity index is 2.41. The first-order chi connectivity index (χ1) is 7.47. The predicted octanol–water partition coefficient (Wildman–Crippen LogP) is 4.14. The molecule has 86 valence electrons. The highest BCUT2D eigenvalue weighted by molar-refractivity contribution is 6.83. The third-order valence-corrected chi connectivity index (χ3v) is 3.30. The molecule has 1 aromatic rings. The molecule has 0 aromatic heterocycles. The van der Waals surface area contributed by atoms with Gasteiger partial charge in [-0.15, -0.1) is 11.5 Å². The lowest BCUT2D eigenvalue weighted by atomic mass is 10.0. The molecular weight excluding hydrogens is 208 g/mol. The van der Waals surface area contributed by atoms with Crippen molar-refractivity contribution in [2.24, 2.45) is 5.92 Å². The topological polar surface area (TPSA) is 0 Å². The summed E-state index contributed by atoms with van der Waals surface area (Å²) in [6.45, 7) is 9.12. The number of hydrogen-bond acceptors (Lipinski definition) is 0. The number of aryl methyl sites for hydroxylation is 1. The van der Waals surface area contributed by atoms with Gasteiger partial charge >= 0.3 is 0 Å². The van der Waals surface area contributed by atoms with E-state index in [1.54, 1.807) is 0 Å². The molecule has 0 saturated heterocycles. The van der Waals surface area contributed by atoms with Crippen LogP contribution < -0.4 is 0 Å². The van der Waals surface area contributed by atoms with Crippen LogP contribution in [0.15, 0.2) is 30.3 Å². The van der Waals surface area contributed by atoms with Crippen molar-refractivity contribution in [3.63, 3.8) is 0 Å². The molecule has 0 bridgehead atoms. The molecule has 0 saturated carbocycles. The van der Waals surface area contributed by atoms with E-state index >= 15 is 0 Å². The lowest BCUT2D eigenvalue weighted by Gasteiger charge is -2.07. The largest absolute Gasteiger partial charge is 0.132 e. The van der Waals surface area contributed by atoms with E-state index in [9.17, 15) is 0 Å². The highest BCUT2D eigenvalue weighted by atomic mass is 28.3. The van der Waals surface area contributed by atoms with Crippen LogP contribution in [-0.2, 0) is 6.42 Å². The zero-order valence-corrected chi connectivity index (χ0v) is 11.9. The molecule has 0 aliphatic carbocycles. The fourth-order valence-corrected chi connectivity index (χ4v) is 2.12. The average Bonchev–Trinajstić information content (AvgIpc) is 2.24. The molecule has 1 aromatic carbocycles. The maximum absolute atomic E-state index is 3.45. The van der Waals surface area contributed by atoms with Crippen LogP contribution in [0.1, 0.15) is 18.9 Å². The van der Waals surface area contributed by atoms with Crippen molar-refractivity contribution in [3.05, 3.63) is 35.9 Å². The summed E-state index contributed by atoms with van der Waals surface area (Å²) in [5.41, 5.74) is 4.87. The van der Waals surface area contributed by atoms with Gasteiger partial charge in [-0.2, -0.15) is 0 Å². The molecule has 0 fully saturated rings. The van der Waals surface area contributed by atoms with Crippen molar-refractivity contribution in [1.82, 2.24) is 0 Å². The van der Waals surface area contributed by atoms with Crippen LogP contribution in [-0.4, -0.2) is 8.07 Å². The van der Waals surface area contributed by atoms with E-state index in [1.165, 1.54) is 12.0 Å². The van der Waals surface area contributed by atoms with Crippen molar-refractivity contribution < 1.29 is 0 Å². The minimum atomic E-state index is -1.19. The molecule has 16 heavy (non-hydrogen) atoms. The average molecular weight is 230 g/mol. The first kappa shape index (κ1) is 13.1. The lowest BCUT2D eigenvalue weighted by molar-refractivity contribution is 0.668. The van der Waals surface area contributed by atoms with E-state index in [-0.39, 0.29) is 0 Å². The standard InChI is InChI=1S/C15H22Si/c1-14(12-13-16(2,3)4)10-11-15-8-6-5-7-9-15/h5-9,14H,10-11H2,1-4H3. The van der Waals surface area contributed by atoms with Crippen LogP contribution >= 0.6 is 0 Å². The van der Waals surface area contributed by atoms with Crippen LogP contribution in [0.3, 0.4) is 0 Å². The Hall–Kier alpha value is -1.00. The van der Waals surface area contributed by atoms with Gasteiger partial charge in [0.25, 0.3) is 0 Å². The third-order valence-electron chi connectivity index (χ3n) is 2.40. The fraction of sp³-hybridized carbons (Fsp3) is 0.467.